The van der Waals surface area contributed by atoms with Gasteiger partial charge >= 0.3 is 0 Å². The lowest BCUT2D eigenvalue weighted by Crippen LogP contribution is -2.46. The van der Waals surface area contributed by atoms with Crippen LogP contribution in [0.1, 0.15) is 29.9 Å². The molecule has 5 heterocycles. The molecule has 3 aliphatic heterocycles. The zero-order valence-corrected chi connectivity index (χ0v) is 16.5. The van der Waals surface area contributed by atoms with Crippen molar-refractivity contribution in [1.82, 2.24) is 23.8 Å². The van der Waals surface area contributed by atoms with Crippen LogP contribution in [0.2, 0.25) is 0 Å². The lowest BCUT2D eigenvalue weighted by atomic mass is 9.95. The number of aryl methyl sites for hydroxylation is 1. The Morgan fingerprint density at radius 3 is 2.64 bits per heavy atom. The topological polar surface area (TPSA) is 101 Å². The minimum Gasteiger partial charge on any atom is -0.338 e. The first-order valence-corrected chi connectivity index (χ1v) is 11.3. The van der Waals surface area contributed by atoms with Crippen molar-refractivity contribution in [2.75, 3.05) is 30.8 Å². The second-order valence-electron chi connectivity index (χ2n) is 7.89. The lowest BCUT2D eigenvalue weighted by molar-refractivity contribution is 0.319. The highest BCUT2D eigenvalue weighted by Crippen LogP contribution is 2.39. The molecule has 28 heavy (non-hydrogen) atoms. The Morgan fingerprint density at radius 2 is 1.89 bits per heavy atom. The van der Waals surface area contributed by atoms with Crippen LogP contribution in [0.4, 0.5) is 5.95 Å². The summed E-state index contributed by atoms with van der Waals surface area (Å²) >= 11 is 0. The molecule has 0 saturated carbocycles. The average Bonchev–Trinajstić information content (AvgIpc) is 3.27. The smallest absolute Gasteiger partial charge is 0.258 e. The van der Waals surface area contributed by atoms with Crippen molar-refractivity contribution in [1.29, 1.82) is 0 Å². The van der Waals surface area contributed by atoms with Crippen molar-refractivity contribution >= 4 is 16.0 Å². The first-order valence-electron chi connectivity index (χ1n) is 9.49. The van der Waals surface area contributed by atoms with Gasteiger partial charge in [0.05, 0.1) is 23.1 Å². The van der Waals surface area contributed by atoms with Gasteiger partial charge in [-0.2, -0.15) is 4.31 Å². The van der Waals surface area contributed by atoms with E-state index in [9.17, 15) is 13.2 Å². The third-order valence-electron chi connectivity index (χ3n) is 6.19. The molecule has 5 rings (SSSR count). The fourth-order valence-corrected chi connectivity index (χ4v) is 5.55. The minimum atomic E-state index is -3.34. The van der Waals surface area contributed by atoms with Gasteiger partial charge in [-0.1, -0.05) is 0 Å². The van der Waals surface area contributed by atoms with E-state index >= 15 is 0 Å². The summed E-state index contributed by atoms with van der Waals surface area (Å²) in [6.07, 6.45) is 7.57. The van der Waals surface area contributed by atoms with Gasteiger partial charge in [0.1, 0.15) is 5.82 Å². The molecule has 0 radical (unpaired) electrons. The normalized spacial score (nSPS) is 24.5. The van der Waals surface area contributed by atoms with Crippen molar-refractivity contribution < 1.29 is 8.42 Å². The molecule has 148 valence electrons. The van der Waals surface area contributed by atoms with E-state index < -0.39 is 10.0 Å². The monoisotopic (exact) mass is 402 g/mol. The van der Waals surface area contributed by atoms with Gasteiger partial charge < -0.3 is 4.90 Å². The summed E-state index contributed by atoms with van der Waals surface area (Å²) in [5.41, 5.74) is 0.883. The number of fused-ring (bicyclic) bond motifs is 3. The van der Waals surface area contributed by atoms with E-state index in [1.54, 1.807) is 18.5 Å². The van der Waals surface area contributed by atoms with Crippen LogP contribution in [0.3, 0.4) is 0 Å². The Kier molecular flexibility index (Phi) is 3.86. The van der Waals surface area contributed by atoms with Gasteiger partial charge in [0, 0.05) is 51.4 Å². The molecule has 3 aliphatic rings. The van der Waals surface area contributed by atoms with Gasteiger partial charge in [-0.25, -0.2) is 23.4 Å². The van der Waals surface area contributed by atoms with Gasteiger partial charge in [0.15, 0.2) is 0 Å². The number of anilines is 1. The SMILES string of the molecule is CS(=O)(=O)N1CCc2nc3n(c(=O)c2C1)C1(CC3)CCN(c2ncccn2)C1. The van der Waals surface area contributed by atoms with Crippen molar-refractivity contribution in [2.24, 2.45) is 0 Å². The van der Waals surface area contributed by atoms with E-state index in [0.29, 0.717) is 31.0 Å². The summed E-state index contributed by atoms with van der Waals surface area (Å²) in [7, 11) is -3.34. The summed E-state index contributed by atoms with van der Waals surface area (Å²) in [6.45, 7) is 1.94. The van der Waals surface area contributed by atoms with Crippen LogP contribution in [0.5, 0.6) is 0 Å². The van der Waals surface area contributed by atoms with Crippen LogP contribution in [-0.4, -0.2) is 58.1 Å². The molecular formula is C18H22N6O3S. The maximum Gasteiger partial charge on any atom is 0.258 e. The van der Waals surface area contributed by atoms with E-state index in [4.69, 9.17) is 4.98 Å². The van der Waals surface area contributed by atoms with Crippen molar-refractivity contribution in [3.8, 4) is 0 Å². The molecule has 0 aliphatic carbocycles. The second-order valence-corrected chi connectivity index (χ2v) is 9.87. The van der Waals surface area contributed by atoms with E-state index in [0.717, 1.165) is 37.3 Å². The molecule has 1 unspecified atom stereocenters. The fraction of sp³-hybridized carbons (Fsp3) is 0.556. The summed E-state index contributed by atoms with van der Waals surface area (Å²) in [4.78, 5) is 29.0. The molecule has 2 aromatic heterocycles. The van der Waals surface area contributed by atoms with E-state index in [1.807, 2.05) is 4.57 Å². The van der Waals surface area contributed by atoms with Gasteiger partial charge in [-0.3, -0.25) is 9.36 Å². The standard InChI is InChI=1S/C18H22N6O3S/c1-28(26,27)23-9-4-14-13(11-23)16(25)24-15(21-14)3-5-18(24)6-10-22(12-18)17-19-7-2-8-20-17/h2,7-8H,3-6,9-12H2,1H3. The molecule has 1 saturated heterocycles. The van der Waals surface area contributed by atoms with Crippen LogP contribution < -0.4 is 10.5 Å². The Morgan fingerprint density at radius 1 is 1.11 bits per heavy atom. The third kappa shape index (κ3) is 2.66. The average molecular weight is 402 g/mol. The van der Waals surface area contributed by atoms with E-state index in [1.165, 1.54) is 10.6 Å². The summed E-state index contributed by atoms with van der Waals surface area (Å²) in [5, 5.41) is 0. The molecule has 1 fully saturated rings. The maximum absolute atomic E-state index is 13.4. The summed E-state index contributed by atoms with van der Waals surface area (Å²) in [6, 6.07) is 1.79. The molecule has 0 amide bonds. The number of nitrogens with zero attached hydrogens (tertiary/aromatic N) is 6. The first-order chi connectivity index (χ1) is 13.4. The third-order valence-corrected chi connectivity index (χ3v) is 7.44. The molecule has 1 spiro atoms. The van der Waals surface area contributed by atoms with Crippen LogP contribution in [-0.2, 0) is 34.9 Å². The molecule has 2 aromatic rings. The zero-order chi connectivity index (χ0) is 19.5. The molecule has 1 atom stereocenters. The Bertz CT molecular complexity index is 1100. The number of hydrogen-bond acceptors (Lipinski definition) is 7. The molecule has 0 N–H and O–H groups in total. The zero-order valence-electron chi connectivity index (χ0n) is 15.7. The van der Waals surface area contributed by atoms with Crippen molar-refractivity contribution in [3.05, 3.63) is 45.9 Å². The lowest BCUT2D eigenvalue weighted by Gasteiger charge is -2.30. The van der Waals surface area contributed by atoms with Crippen molar-refractivity contribution in [2.45, 2.75) is 37.8 Å². The van der Waals surface area contributed by atoms with Crippen LogP contribution in [0.25, 0.3) is 0 Å². The highest BCUT2D eigenvalue weighted by Gasteiger charge is 2.47. The molecule has 9 nitrogen and oxygen atoms in total. The highest BCUT2D eigenvalue weighted by atomic mass is 32.2. The number of sulfonamides is 1. The van der Waals surface area contributed by atoms with Crippen molar-refractivity contribution in [3.63, 3.8) is 0 Å². The van der Waals surface area contributed by atoms with Gasteiger partial charge in [0.2, 0.25) is 16.0 Å². The Balaban J connectivity index is 1.54. The molecular weight excluding hydrogens is 380 g/mol. The Hall–Kier alpha value is -2.33. The van der Waals surface area contributed by atoms with Gasteiger partial charge in [-0.15, -0.1) is 0 Å². The van der Waals surface area contributed by atoms with Crippen LogP contribution in [0.15, 0.2) is 23.3 Å². The second kappa shape index (κ2) is 6.08. The molecule has 0 bridgehead atoms. The predicted molar refractivity (Wildman–Crippen MR) is 103 cm³/mol. The predicted octanol–water partition coefficient (Wildman–Crippen LogP) is -0.0972. The Labute approximate surface area is 163 Å². The van der Waals surface area contributed by atoms with Gasteiger partial charge in [-0.05, 0) is 18.9 Å². The number of rotatable bonds is 2. The fourth-order valence-electron chi connectivity index (χ4n) is 4.77. The van der Waals surface area contributed by atoms with Gasteiger partial charge in [0.25, 0.3) is 5.56 Å². The van der Waals surface area contributed by atoms with Crippen LogP contribution >= 0.6 is 0 Å². The molecule has 0 aromatic carbocycles. The largest absolute Gasteiger partial charge is 0.338 e. The number of aromatic nitrogens is 4. The quantitative estimate of drug-likeness (QED) is 0.691. The van der Waals surface area contributed by atoms with Crippen LogP contribution in [0, 0.1) is 0 Å². The van der Waals surface area contributed by atoms with E-state index in [2.05, 4.69) is 14.9 Å². The summed E-state index contributed by atoms with van der Waals surface area (Å²) < 4.78 is 27.1. The first kappa shape index (κ1) is 17.7. The summed E-state index contributed by atoms with van der Waals surface area (Å²) in [5.74, 6) is 1.50. The number of hydrogen-bond donors (Lipinski definition) is 0. The minimum absolute atomic E-state index is 0.0818. The maximum atomic E-state index is 13.4. The molecule has 10 heteroatoms. The van der Waals surface area contributed by atoms with E-state index in [-0.39, 0.29) is 17.6 Å². The highest BCUT2D eigenvalue weighted by molar-refractivity contribution is 7.88.